The van der Waals surface area contributed by atoms with E-state index in [2.05, 4.69) is 15.9 Å². The lowest BCUT2D eigenvalue weighted by Gasteiger charge is -2.16. The lowest BCUT2D eigenvalue weighted by atomic mass is 10.0. The number of hydrogen-bond acceptors (Lipinski definition) is 3. The van der Waals surface area contributed by atoms with Crippen molar-refractivity contribution < 1.29 is 14.6 Å². The first-order valence-corrected chi connectivity index (χ1v) is 7.08. The molecule has 3 nitrogen and oxygen atoms in total. The number of hydrogen-bond donors (Lipinski definition) is 1. The quantitative estimate of drug-likeness (QED) is 0.903. The minimum Gasteiger partial charge on any atom is -0.497 e. The molecule has 0 spiro atoms. The van der Waals surface area contributed by atoms with Crippen molar-refractivity contribution in [3.63, 3.8) is 0 Å². The summed E-state index contributed by atoms with van der Waals surface area (Å²) in [5.74, 6) is 1.51. The molecule has 2 rings (SSSR count). The number of methoxy groups -OCH3 is 2. The Morgan fingerprint density at radius 3 is 2.55 bits per heavy atom. The number of aliphatic hydroxyl groups is 1. The van der Waals surface area contributed by atoms with E-state index < -0.39 is 6.10 Å². The van der Waals surface area contributed by atoms with Gasteiger partial charge < -0.3 is 14.6 Å². The molecule has 1 N–H and O–H groups in total. The van der Waals surface area contributed by atoms with Crippen LogP contribution in [0.15, 0.2) is 46.9 Å². The van der Waals surface area contributed by atoms with E-state index in [4.69, 9.17) is 9.47 Å². The number of ether oxygens (including phenoxy) is 2. The molecule has 0 bridgehead atoms. The molecule has 0 amide bonds. The second-order valence-electron chi connectivity index (χ2n) is 4.42. The van der Waals surface area contributed by atoms with Crippen LogP contribution >= 0.6 is 15.9 Å². The van der Waals surface area contributed by atoms with Crippen LogP contribution in [0.25, 0.3) is 0 Å². The van der Waals surface area contributed by atoms with Gasteiger partial charge in [-0.3, -0.25) is 0 Å². The third-order valence-corrected chi connectivity index (χ3v) is 3.89. The smallest absolute Gasteiger partial charge is 0.122 e. The highest BCUT2D eigenvalue weighted by Gasteiger charge is 2.15. The van der Waals surface area contributed by atoms with E-state index in [1.54, 1.807) is 14.2 Å². The SMILES string of the molecule is COc1ccc(Br)c(C(O)Cc2ccccc2OC)c1. The Hall–Kier alpha value is -1.52. The summed E-state index contributed by atoms with van der Waals surface area (Å²) in [7, 11) is 3.24. The van der Waals surface area contributed by atoms with Crippen molar-refractivity contribution in [2.24, 2.45) is 0 Å². The third kappa shape index (κ3) is 3.32. The van der Waals surface area contributed by atoms with Gasteiger partial charge in [0.25, 0.3) is 0 Å². The molecule has 1 unspecified atom stereocenters. The molecule has 2 aromatic carbocycles. The van der Waals surface area contributed by atoms with Gasteiger partial charge in [-0.1, -0.05) is 34.1 Å². The minimum absolute atomic E-state index is 0.482. The van der Waals surface area contributed by atoms with Crippen LogP contribution in [0.3, 0.4) is 0 Å². The van der Waals surface area contributed by atoms with Crippen molar-refractivity contribution in [2.75, 3.05) is 14.2 Å². The molecule has 0 saturated heterocycles. The van der Waals surface area contributed by atoms with E-state index in [1.165, 1.54) is 0 Å². The molecular weight excluding hydrogens is 320 g/mol. The van der Waals surface area contributed by atoms with Gasteiger partial charge in [0.15, 0.2) is 0 Å². The highest BCUT2D eigenvalue weighted by Crippen LogP contribution is 2.31. The molecule has 0 aliphatic rings. The summed E-state index contributed by atoms with van der Waals surface area (Å²) in [4.78, 5) is 0. The highest BCUT2D eigenvalue weighted by molar-refractivity contribution is 9.10. The van der Waals surface area contributed by atoms with Crippen LogP contribution < -0.4 is 9.47 Å². The van der Waals surface area contributed by atoms with Crippen molar-refractivity contribution in [1.29, 1.82) is 0 Å². The van der Waals surface area contributed by atoms with Gasteiger partial charge in [0.1, 0.15) is 11.5 Å². The Morgan fingerprint density at radius 2 is 1.85 bits per heavy atom. The average molecular weight is 337 g/mol. The van der Waals surface area contributed by atoms with E-state index in [-0.39, 0.29) is 0 Å². The summed E-state index contributed by atoms with van der Waals surface area (Å²) in [6.07, 6.45) is -0.147. The average Bonchev–Trinajstić information content (AvgIpc) is 2.48. The van der Waals surface area contributed by atoms with Gasteiger partial charge >= 0.3 is 0 Å². The van der Waals surface area contributed by atoms with Crippen molar-refractivity contribution in [3.05, 3.63) is 58.1 Å². The number of halogens is 1. The van der Waals surface area contributed by atoms with Crippen LogP contribution in [0.2, 0.25) is 0 Å². The molecule has 0 fully saturated rings. The van der Waals surface area contributed by atoms with Crippen LogP contribution in [-0.4, -0.2) is 19.3 Å². The van der Waals surface area contributed by atoms with Crippen LogP contribution in [-0.2, 0) is 6.42 Å². The van der Waals surface area contributed by atoms with Gasteiger partial charge in [-0.15, -0.1) is 0 Å². The van der Waals surface area contributed by atoms with E-state index >= 15 is 0 Å². The number of benzene rings is 2. The highest BCUT2D eigenvalue weighted by atomic mass is 79.9. The Labute approximate surface area is 127 Å². The first-order valence-electron chi connectivity index (χ1n) is 6.29. The van der Waals surface area contributed by atoms with E-state index in [9.17, 15) is 5.11 Å². The second kappa shape index (κ2) is 6.77. The molecule has 106 valence electrons. The number of para-hydroxylation sites is 1. The summed E-state index contributed by atoms with van der Waals surface area (Å²) in [5, 5.41) is 10.5. The second-order valence-corrected chi connectivity index (χ2v) is 5.27. The zero-order valence-electron chi connectivity index (χ0n) is 11.5. The van der Waals surface area contributed by atoms with Crippen LogP contribution in [0.1, 0.15) is 17.2 Å². The maximum atomic E-state index is 10.5. The fourth-order valence-corrected chi connectivity index (χ4v) is 2.60. The van der Waals surface area contributed by atoms with Crippen molar-refractivity contribution in [1.82, 2.24) is 0 Å². The molecule has 4 heteroatoms. The van der Waals surface area contributed by atoms with Gasteiger partial charge in [-0.2, -0.15) is 0 Å². The fraction of sp³-hybridized carbons (Fsp3) is 0.250. The fourth-order valence-electron chi connectivity index (χ4n) is 2.09. The standard InChI is InChI=1S/C16H17BrO3/c1-19-12-7-8-14(17)13(10-12)15(18)9-11-5-3-4-6-16(11)20-2/h3-8,10,15,18H,9H2,1-2H3. The summed E-state index contributed by atoms with van der Waals surface area (Å²) >= 11 is 3.46. The van der Waals surface area contributed by atoms with Crippen molar-refractivity contribution in [3.8, 4) is 11.5 Å². The summed E-state index contributed by atoms with van der Waals surface area (Å²) in [6.45, 7) is 0. The molecule has 0 aromatic heterocycles. The molecule has 0 aliphatic heterocycles. The molecule has 1 atom stereocenters. The zero-order chi connectivity index (χ0) is 14.5. The maximum Gasteiger partial charge on any atom is 0.122 e. The first-order chi connectivity index (χ1) is 9.65. The monoisotopic (exact) mass is 336 g/mol. The lowest BCUT2D eigenvalue weighted by Crippen LogP contribution is -2.04. The Bertz CT molecular complexity index is 584. The van der Waals surface area contributed by atoms with Gasteiger partial charge in [0.05, 0.1) is 20.3 Å². The van der Waals surface area contributed by atoms with Gasteiger partial charge in [0.2, 0.25) is 0 Å². The molecule has 2 aromatic rings. The third-order valence-electron chi connectivity index (χ3n) is 3.17. The van der Waals surface area contributed by atoms with E-state index in [1.807, 2.05) is 42.5 Å². The van der Waals surface area contributed by atoms with Crippen LogP contribution in [0.5, 0.6) is 11.5 Å². The molecule has 0 saturated carbocycles. The Balaban J connectivity index is 2.25. The predicted octanol–water partition coefficient (Wildman–Crippen LogP) is 3.74. The predicted molar refractivity (Wildman–Crippen MR) is 82.4 cm³/mol. The van der Waals surface area contributed by atoms with Crippen molar-refractivity contribution in [2.45, 2.75) is 12.5 Å². The van der Waals surface area contributed by atoms with Crippen LogP contribution in [0.4, 0.5) is 0 Å². The van der Waals surface area contributed by atoms with Crippen LogP contribution in [0, 0.1) is 0 Å². The Morgan fingerprint density at radius 1 is 1.10 bits per heavy atom. The molecule has 0 aliphatic carbocycles. The minimum atomic E-state index is -0.629. The summed E-state index contributed by atoms with van der Waals surface area (Å²) in [5.41, 5.74) is 1.77. The largest absolute Gasteiger partial charge is 0.497 e. The topological polar surface area (TPSA) is 38.7 Å². The molecule has 20 heavy (non-hydrogen) atoms. The molecule has 0 heterocycles. The van der Waals surface area contributed by atoms with E-state index in [0.717, 1.165) is 27.1 Å². The lowest BCUT2D eigenvalue weighted by molar-refractivity contribution is 0.176. The normalized spacial score (nSPS) is 12.0. The summed E-state index contributed by atoms with van der Waals surface area (Å²) in [6, 6.07) is 13.3. The Kier molecular flexibility index (Phi) is 5.04. The van der Waals surface area contributed by atoms with Gasteiger partial charge in [0, 0.05) is 10.9 Å². The molecular formula is C16H17BrO3. The number of aliphatic hydroxyl groups excluding tert-OH is 1. The zero-order valence-corrected chi connectivity index (χ0v) is 13.1. The number of rotatable bonds is 5. The first kappa shape index (κ1) is 14.9. The van der Waals surface area contributed by atoms with Crippen molar-refractivity contribution >= 4 is 15.9 Å². The van der Waals surface area contributed by atoms with Gasteiger partial charge in [-0.05, 0) is 35.4 Å². The summed E-state index contributed by atoms with van der Waals surface area (Å²) < 4.78 is 11.4. The molecule has 0 radical (unpaired) electrons. The van der Waals surface area contributed by atoms with Gasteiger partial charge in [-0.25, -0.2) is 0 Å². The van der Waals surface area contributed by atoms with E-state index in [0.29, 0.717) is 6.42 Å². The maximum absolute atomic E-state index is 10.5.